The molecule has 0 radical (unpaired) electrons. The number of amidine groups is 1. The number of ether oxygens (including phenoxy) is 2. The van der Waals surface area contributed by atoms with Gasteiger partial charge in [-0.25, -0.2) is 9.79 Å². The molecular weight excluding hydrogens is 298 g/mol. The average molecular weight is 319 g/mol. The van der Waals surface area contributed by atoms with Crippen molar-refractivity contribution in [3.8, 4) is 0 Å². The first-order chi connectivity index (χ1) is 10.9. The van der Waals surface area contributed by atoms with E-state index in [1.165, 1.54) is 0 Å². The smallest absolute Gasteiger partial charge is 0.338 e. The van der Waals surface area contributed by atoms with Crippen LogP contribution in [0.15, 0.2) is 17.3 Å². The van der Waals surface area contributed by atoms with E-state index in [2.05, 4.69) is 36.1 Å². The van der Waals surface area contributed by atoms with E-state index >= 15 is 0 Å². The summed E-state index contributed by atoms with van der Waals surface area (Å²) in [6, 6.07) is 1.57. The lowest BCUT2D eigenvalue weighted by Crippen LogP contribution is -2.57. The van der Waals surface area contributed by atoms with Gasteiger partial charge in [-0.3, -0.25) is 4.98 Å². The molecule has 0 amide bonds. The summed E-state index contributed by atoms with van der Waals surface area (Å²) in [6.07, 6.45) is 1.41. The molecule has 7 heteroatoms. The van der Waals surface area contributed by atoms with Gasteiger partial charge in [0, 0.05) is 13.3 Å². The van der Waals surface area contributed by atoms with Crippen molar-refractivity contribution in [1.29, 1.82) is 0 Å². The molecule has 0 spiro atoms. The van der Waals surface area contributed by atoms with E-state index in [1.807, 2.05) is 0 Å². The first-order valence-electron chi connectivity index (χ1n) is 7.59. The minimum atomic E-state index is -1.04. The number of hydrogen-bond acceptors (Lipinski definition) is 6. The fraction of sp³-hybridized carbons (Fsp3) is 0.562. The maximum absolute atomic E-state index is 11.6. The lowest BCUT2D eigenvalue weighted by molar-refractivity contribution is 0.0695. The van der Waals surface area contributed by atoms with Gasteiger partial charge in [0.2, 0.25) is 0 Å². The Morgan fingerprint density at radius 3 is 2.91 bits per heavy atom. The summed E-state index contributed by atoms with van der Waals surface area (Å²) in [5.74, 6) is -0.273. The Morgan fingerprint density at radius 2 is 2.30 bits per heavy atom. The highest BCUT2D eigenvalue weighted by molar-refractivity contribution is 6.06. The highest BCUT2D eigenvalue weighted by atomic mass is 16.6. The number of carboxylic acids is 1. The first kappa shape index (κ1) is 15.9. The highest BCUT2D eigenvalue weighted by Crippen LogP contribution is 2.41. The molecule has 3 atom stereocenters. The van der Waals surface area contributed by atoms with Crippen molar-refractivity contribution in [1.82, 2.24) is 10.3 Å². The number of aromatic nitrogens is 1. The Kier molecular flexibility index (Phi) is 3.85. The van der Waals surface area contributed by atoms with Gasteiger partial charge in [0.1, 0.15) is 11.8 Å². The molecule has 1 aromatic heterocycles. The number of rotatable bonds is 5. The zero-order valence-electron chi connectivity index (χ0n) is 13.7. The maximum atomic E-state index is 11.6. The minimum Gasteiger partial charge on any atom is -0.478 e. The van der Waals surface area contributed by atoms with Gasteiger partial charge in [-0.1, -0.05) is 13.8 Å². The van der Waals surface area contributed by atoms with Gasteiger partial charge in [-0.15, -0.1) is 0 Å². The molecule has 124 valence electrons. The van der Waals surface area contributed by atoms with Crippen molar-refractivity contribution in [2.75, 3.05) is 7.11 Å². The maximum Gasteiger partial charge on any atom is 0.338 e. The zero-order valence-corrected chi connectivity index (χ0v) is 13.7. The fourth-order valence-corrected chi connectivity index (χ4v) is 2.82. The van der Waals surface area contributed by atoms with Crippen molar-refractivity contribution < 1.29 is 19.4 Å². The number of epoxide rings is 1. The van der Waals surface area contributed by atoms with Crippen LogP contribution in [-0.4, -0.2) is 46.9 Å². The van der Waals surface area contributed by atoms with Crippen molar-refractivity contribution in [2.24, 2.45) is 10.9 Å². The number of aromatic carboxylic acids is 1. The molecule has 0 saturated carbocycles. The van der Waals surface area contributed by atoms with Crippen LogP contribution in [0.1, 0.15) is 42.4 Å². The molecular formula is C16H21N3O4. The van der Waals surface area contributed by atoms with Crippen LogP contribution < -0.4 is 5.32 Å². The number of methoxy groups -OCH3 is 1. The Bertz CT molecular complexity index is 673. The van der Waals surface area contributed by atoms with Gasteiger partial charge >= 0.3 is 5.97 Å². The molecule has 3 heterocycles. The van der Waals surface area contributed by atoms with Crippen LogP contribution in [0.25, 0.3) is 0 Å². The Balaban J connectivity index is 2.00. The van der Waals surface area contributed by atoms with Crippen LogP contribution >= 0.6 is 0 Å². The van der Waals surface area contributed by atoms with Crippen molar-refractivity contribution in [3.63, 3.8) is 0 Å². The third-order valence-corrected chi connectivity index (χ3v) is 4.61. The van der Waals surface area contributed by atoms with Crippen molar-refractivity contribution >= 4 is 11.8 Å². The molecule has 2 aliphatic rings. The molecule has 1 aromatic rings. The van der Waals surface area contributed by atoms with E-state index in [4.69, 9.17) is 9.47 Å². The normalized spacial score (nSPS) is 28.8. The fourth-order valence-electron chi connectivity index (χ4n) is 2.82. The summed E-state index contributed by atoms with van der Waals surface area (Å²) in [5.41, 5.74) is 0.844. The van der Waals surface area contributed by atoms with Gasteiger partial charge in [0.25, 0.3) is 0 Å². The molecule has 3 unspecified atom stereocenters. The number of nitrogens with zero attached hydrogens (tertiary/aromatic N) is 2. The van der Waals surface area contributed by atoms with Crippen LogP contribution in [0.2, 0.25) is 0 Å². The van der Waals surface area contributed by atoms with Crippen LogP contribution in [0, 0.1) is 5.92 Å². The van der Waals surface area contributed by atoms with Crippen LogP contribution in [0.5, 0.6) is 0 Å². The summed E-state index contributed by atoms with van der Waals surface area (Å²) in [4.78, 5) is 20.4. The first-order valence-corrected chi connectivity index (χ1v) is 7.59. The van der Waals surface area contributed by atoms with E-state index in [0.717, 1.165) is 0 Å². The number of fused-ring (bicyclic) bond motifs is 1. The Labute approximate surface area is 134 Å². The molecule has 7 nitrogen and oxygen atoms in total. The van der Waals surface area contributed by atoms with E-state index in [-0.39, 0.29) is 23.4 Å². The summed E-state index contributed by atoms with van der Waals surface area (Å²) in [7, 11) is 1.56. The number of carbonyl (C=O) groups is 1. The summed E-state index contributed by atoms with van der Waals surface area (Å²) >= 11 is 0. The van der Waals surface area contributed by atoms with E-state index in [1.54, 1.807) is 19.4 Å². The molecule has 23 heavy (non-hydrogen) atoms. The molecule has 2 aliphatic heterocycles. The quantitative estimate of drug-likeness (QED) is 0.797. The standard InChI is InChI=1S/C16H21N3O4/c1-8(2)16(3)12-14(23-12)18-13(19-16)11-10(15(20)21)5-9(6-17-11)7-22-4/h5-6,8,12,14H,7H2,1-4H3,(H,18,19)(H,20,21). The second kappa shape index (κ2) is 5.58. The Morgan fingerprint density at radius 1 is 1.57 bits per heavy atom. The number of aliphatic imine (C=N–C) groups is 1. The molecule has 0 bridgehead atoms. The summed E-state index contributed by atoms with van der Waals surface area (Å²) in [6.45, 7) is 6.57. The number of pyridine rings is 1. The summed E-state index contributed by atoms with van der Waals surface area (Å²) in [5, 5.41) is 12.9. The third kappa shape index (κ3) is 2.70. The van der Waals surface area contributed by atoms with Crippen molar-refractivity contribution in [2.45, 2.75) is 45.2 Å². The molecule has 1 fully saturated rings. The third-order valence-electron chi connectivity index (χ3n) is 4.61. The second-order valence-corrected chi connectivity index (χ2v) is 6.47. The van der Waals surface area contributed by atoms with E-state index in [9.17, 15) is 9.90 Å². The highest BCUT2D eigenvalue weighted by Gasteiger charge is 2.57. The molecule has 0 aliphatic carbocycles. The molecule has 1 saturated heterocycles. The molecule has 0 aromatic carbocycles. The van der Waals surface area contributed by atoms with Gasteiger partial charge in [0.05, 0.1) is 17.7 Å². The van der Waals surface area contributed by atoms with Gasteiger partial charge in [0.15, 0.2) is 12.1 Å². The van der Waals surface area contributed by atoms with Crippen LogP contribution in [-0.2, 0) is 16.1 Å². The minimum absolute atomic E-state index is 0.0206. The van der Waals surface area contributed by atoms with Gasteiger partial charge in [-0.05, 0) is 24.5 Å². The SMILES string of the molecule is COCc1cnc(C2=NC3OC3C(C)(C(C)C)N2)c(C(=O)O)c1. The van der Waals surface area contributed by atoms with Crippen LogP contribution in [0.3, 0.4) is 0 Å². The topological polar surface area (TPSA) is 96.3 Å². The largest absolute Gasteiger partial charge is 0.478 e. The predicted molar refractivity (Wildman–Crippen MR) is 83.5 cm³/mol. The summed E-state index contributed by atoms with van der Waals surface area (Å²) < 4.78 is 10.7. The van der Waals surface area contributed by atoms with E-state index in [0.29, 0.717) is 29.6 Å². The van der Waals surface area contributed by atoms with Gasteiger partial charge in [-0.2, -0.15) is 0 Å². The van der Waals surface area contributed by atoms with Crippen molar-refractivity contribution in [3.05, 3.63) is 29.1 Å². The second-order valence-electron chi connectivity index (χ2n) is 6.47. The van der Waals surface area contributed by atoms with Crippen LogP contribution in [0.4, 0.5) is 0 Å². The monoisotopic (exact) mass is 319 g/mol. The molecule has 2 N–H and O–H groups in total. The number of nitrogens with one attached hydrogen (secondary N) is 1. The lowest BCUT2D eigenvalue weighted by Gasteiger charge is -2.36. The Hall–Kier alpha value is -1.99. The zero-order chi connectivity index (χ0) is 16.8. The number of carboxylic acid groups (broad SMARTS) is 1. The van der Waals surface area contributed by atoms with Gasteiger partial charge < -0.3 is 19.9 Å². The lowest BCUT2D eigenvalue weighted by atomic mass is 9.83. The van der Waals surface area contributed by atoms with E-state index < -0.39 is 5.97 Å². The average Bonchev–Trinajstić information content (AvgIpc) is 3.27. The molecule has 3 rings (SSSR count). The number of hydrogen-bond donors (Lipinski definition) is 2. The predicted octanol–water partition coefficient (Wildman–Crippen LogP) is 1.42.